The zero-order valence-electron chi connectivity index (χ0n) is 13.9. The van der Waals surface area contributed by atoms with Crippen molar-refractivity contribution in [2.75, 3.05) is 19.9 Å². The SMILES string of the molecule is CCn1cc([C@@H]2OCC[C@H]2CNCc2cccc3c2OCO3)cn1. The number of nitrogens with one attached hydrogen (secondary N) is 1. The van der Waals surface area contributed by atoms with Gasteiger partial charge in [0.15, 0.2) is 11.5 Å². The van der Waals surface area contributed by atoms with E-state index >= 15 is 0 Å². The minimum Gasteiger partial charge on any atom is -0.454 e. The first kappa shape index (κ1) is 15.5. The number of para-hydroxylation sites is 1. The fourth-order valence-electron chi connectivity index (χ4n) is 3.43. The Morgan fingerprint density at radius 1 is 1.33 bits per heavy atom. The highest BCUT2D eigenvalue weighted by molar-refractivity contribution is 5.48. The van der Waals surface area contributed by atoms with E-state index in [4.69, 9.17) is 14.2 Å². The number of benzene rings is 1. The zero-order valence-corrected chi connectivity index (χ0v) is 13.9. The van der Waals surface area contributed by atoms with Crippen LogP contribution in [-0.2, 0) is 17.8 Å². The molecule has 0 saturated carbocycles. The molecule has 6 heteroatoms. The van der Waals surface area contributed by atoms with E-state index in [1.54, 1.807) is 0 Å². The number of aryl methyl sites for hydroxylation is 1. The topological polar surface area (TPSA) is 57.5 Å². The fourth-order valence-corrected chi connectivity index (χ4v) is 3.43. The number of hydrogen-bond acceptors (Lipinski definition) is 5. The first-order valence-corrected chi connectivity index (χ1v) is 8.57. The molecule has 1 fully saturated rings. The monoisotopic (exact) mass is 329 g/mol. The summed E-state index contributed by atoms with van der Waals surface area (Å²) in [5.74, 6) is 2.17. The smallest absolute Gasteiger partial charge is 0.231 e. The van der Waals surface area contributed by atoms with Crippen LogP contribution in [-0.4, -0.2) is 29.7 Å². The van der Waals surface area contributed by atoms with Gasteiger partial charge in [0.25, 0.3) is 0 Å². The van der Waals surface area contributed by atoms with Crippen molar-refractivity contribution in [2.24, 2.45) is 5.92 Å². The van der Waals surface area contributed by atoms with Crippen molar-refractivity contribution in [1.29, 1.82) is 0 Å². The van der Waals surface area contributed by atoms with Gasteiger partial charge in [-0.3, -0.25) is 4.68 Å². The molecule has 0 radical (unpaired) electrons. The number of aromatic nitrogens is 2. The van der Waals surface area contributed by atoms with Gasteiger partial charge in [-0.25, -0.2) is 0 Å². The highest BCUT2D eigenvalue weighted by Gasteiger charge is 2.30. The van der Waals surface area contributed by atoms with E-state index < -0.39 is 0 Å². The third kappa shape index (κ3) is 2.99. The average Bonchev–Trinajstić information content (AvgIpc) is 3.34. The van der Waals surface area contributed by atoms with Crippen molar-refractivity contribution in [3.05, 3.63) is 41.7 Å². The Bertz CT molecular complexity index is 701. The van der Waals surface area contributed by atoms with E-state index in [2.05, 4.69) is 29.6 Å². The Morgan fingerprint density at radius 3 is 3.17 bits per heavy atom. The molecule has 4 rings (SSSR count). The lowest BCUT2D eigenvalue weighted by molar-refractivity contribution is 0.0903. The highest BCUT2D eigenvalue weighted by Crippen LogP contribution is 2.36. The Morgan fingerprint density at radius 2 is 2.29 bits per heavy atom. The minimum atomic E-state index is 0.138. The van der Waals surface area contributed by atoms with E-state index in [-0.39, 0.29) is 6.10 Å². The summed E-state index contributed by atoms with van der Waals surface area (Å²) in [4.78, 5) is 0. The summed E-state index contributed by atoms with van der Waals surface area (Å²) in [6.07, 6.45) is 5.24. The van der Waals surface area contributed by atoms with Crippen LogP contribution in [0.4, 0.5) is 0 Å². The van der Waals surface area contributed by atoms with Crippen LogP contribution in [0.1, 0.15) is 30.6 Å². The third-order valence-electron chi connectivity index (χ3n) is 4.72. The Balaban J connectivity index is 1.36. The first-order valence-electron chi connectivity index (χ1n) is 8.57. The lowest BCUT2D eigenvalue weighted by Crippen LogP contribution is -2.24. The van der Waals surface area contributed by atoms with E-state index in [0.717, 1.165) is 49.7 Å². The first-order chi connectivity index (χ1) is 11.8. The van der Waals surface area contributed by atoms with Gasteiger partial charge >= 0.3 is 0 Å². The molecule has 1 saturated heterocycles. The van der Waals surface area contributed by atoms with Gasteiger partial charge in [-0.1, -0.05) is 12.1 Å². The van der Waals surface area contributed by atoms with Crippen molar-refractivity contribution in [3.8, 4) is 11.5 Å². The summed E-state index contributed by atoms with van der Waals surface area (Å²) in [6.45, 7) is 5.78. The predicted molar refractivity (Wildman–Crippen MR) is 89.0 cm³/mol. The Hall–Kier alpha value is -2.05. The summed E-state index contributed by atoms with van der Waals surface area (Å²) in [5, 5.41) is 7.92. The molecule has 2 aromatic rings. The fraction of sp³-hybridized carbons (Fsp3) is 0.500. The molecule has 2 aliphatic heterocycles. The third-order valence-corrected chi connectivity index (χ3v) is 4.72. The molecule has 2 atom stereocenters. The molecule has 0 unspecified atom stereocenters. The molecular weight excluding hydrogens is 306 g/mol. The van der Waals surface area contributed by atoms with Gasteiger partial charge in [-0.2, -0.15) is 5.10 Å². The van der Waals surface area contributed by atoms with E-state index in [0.29, 0.717) is 12.7 Å². The molecule has 0 aliphatic carbocycles. The van der Waals surface area contributed by atoms with Crippen LogP contribution in [0.5, 0.6) is 11.5 Å². The quantitative estimate of drug-likeness (QED) is 0.882. The van der Waals surface area contributed by atoms with Gasteiger partial charge in [0.2, 0.25) is 6.79 Å². The van der Waals surface area contributed by atoms with Gasteiger partial charge in [0, 0.05) is 49.5 Å². The molecule has 2 aliphatic rings. The van der Waals surface area contributed by atoms with Crippen molar-refractivity contribution < 1.29 is 14.2 Å². The minimum absolute atomic E-state index is 0.138. The van der Waals surface area contributed by atoms with Crippen molar-refractivity contribution >= 4 is 0 Å². The molecule has 3 heterocycles. The van der Waals surface area contributed by atoms with Gasteiger partial charge in [0.1, 0.15) is 0 Å². The molecule has 6 nitrogen and oxygen atoms in total. The van der Waals surface area contributed by atoms with Crippen LogP contribution in [0.25, 0.3) is 0 Å². The van der Waals surface area contributed by atoms with Crippen molar-refractivity contribution in [3.63, 3.8) is 0 Å². The van der Waals surface area contributed by atoms with Crippen LogP contribution in [0.3, 0.4) is 0 Å². The predicted octanol–water partition coefficient (Wildman–Crippen LogP) is 2.50. The van der Waals surface area contributed by atoms with Gasteiger partial charge < -0.3 is 19.5 Å². The Kier molecular flexibility index (Phi) is 4.40. The molecule has 0 bridgehead atoms. The summed E-state index contributed by atoms with van der Waals surface area (Å²) in [5.41, 5.74) is 2.32. The number of ether oxygens (including phenoxy) is 3. The molecular formula is C18H23N3O3. The summed E-state index contributed by atoms with van der Waals surface area (Å²) in [6, 6.07) is 6.03. The van der Waals surface area contributed by atoms with Crippen LogP contribution < -0.4 is 14.8 Å². The molecule has 0 amide bonds. The lowest BCUT2D eigenvalue weighted by atomic mass is 9.97. The number of nitrogens with zero attached hydrogens (tertiary/aromatic N) is 2. The summed E-state index contributed by atoms with van der Waals surface area (Å²) in [7, 11) is 0. The number of hydrogen-bond donors (Lipinski definition) is 1. The van der Waals surface area contributed by atoms with Crippen molar-refractivity contribution in [1.82, 2.24) is 15.1 Å². The normalized spacial score (nSPS) is 22.2. The maximum Gasteiger partial charge on any atom is 0.231 e. The number of fused-ring (bicyclic) bond motifs is 1. The van der Waals surface area contributed by atoms with E-state index in [1.165, 1.54) is 5.56 Å². The van der Waals surface area contributed by atoms with Crippen LogP contribution in [0.2, 0.25) is 0 Å². The standard InChI is InChI=1S/C18H23N3O3/c1-2-21-11-15(10-20-21)17-14(6-7-22-17)9-19-8-13-4-3-5-16-18(13)24-12-23-16/h3-5,10-11,14,17,19H,2,6-9,12H2,1H3/t14-,17+/m0/s1. The largest absolute Gasteiger partial charge is 0.454 e. The molecule has 128 valence electrons. The van der Waals surface area contributed by atoms with Gasteiger partial charge in [-0.05, 0) is 19.4 Å². The Labute approximate surface area is 141 Å². The highest BCUT2D eigenvalue weighted by atomic mass is 16.7. The lowest BCUT2D eigenvalue weighted by Gasteiger charge is -2.18. The molecule has 1 N–H and O–H groups in total. The summed E-state index contributed by atoms with van der Waals surface area (Å²) >= 11 is 0. The maximum atomic E-state index is 5.95. The van der Waals surface area contributed by atoms with Crippen LogP contribution in [0.15, 0.2) is 30.6 Å². The second-order valence-electron chi connectivity index (χ2n) is 6.25. The van der Waals surface area contributed by atoms with Crippen LogP contribution in [0, 0.1) is 5.92 Å². The van der Waals surface area contributed by atoms with Gasteiger partial charge in [0.05, 0.1) is 12.3 Å². The molecule has 0 spiro atoms. The maximum absolute atomic E-state index is 5.95. The van der Waals surface area contributed by atoms with E-state index in [1.807, 2.05) is 23.0 Å². The molecule has 1 aromatic heterocycles. The zero-order chi connectivity index (χ0) is 16.4. The average molecular weight is 329 g/mol. The molecule has 1 aromatic carbocycles. The number of rotatable bonds is 6. The second-order valence-corrected chi connectivity index (χ2v) is 6.25. The second kappa shape index (κ2) is 6.83. The van der Waals surface area contributed by atoms with Crippen molar-refractivity contribution in [2.45, 2.75) is 32.5 Å². The van der Waals surface area contributed by atoms with Crippen LogP contribution >= 0.6 is 0 Å². The molecule has 24 heavy (non-hydrogen) atoms. The van der Waals surface area contributed by atoms with Gasteiger partial charge in [-0.15, -0.1) is 0 Å². The summed E-state index contributed by atoms with van der Waals surface area (Å²) < 4.78 is 18.9. The van der Waals surface area contributed by atoms with E-state index in [9.17, 15) is 0 Å².